The SMILES string of the molecule is Cc1ccccc1CN1CC(CO)OC(C)(C)C1. The molecule has 1 atom stereocenters. The van der Waals surface area contributed by atoms with Crippen LogP contribution in [-0.2, 0) is 11.3 Å². The molecule has 1 aromatic rings. The number of aliphatic hydroxyl groups excluding tert-OH is 1. The number of morpholine rings is 1. The lowest BCUT2D eigenvalue weighted by atomic mass is 10.0. The zero-order valence-corrected chi connectivity index (χ0v) is 11.5. The summed E-state index contributed by atoms with van der Waals surface area (Å²) < 4.78 is 5.83. The summed E-state index contributed by atoms with van der Waals surface area (Å²) >= 11 is 0. The largest absolute Gasteiger partial charge is 0.394 e. The first-order chi connectivity index (χ1) is 8.50. The maximum absolute atomic E-state index is 9.31. The Balaban J connectivity index is 2.07. The van der Waals surface area contributed by atoms with Crippen molar-refractivity contribution in [1.82, 2.24) is 4.90 Å². The van der Waals surface area contributed by atoms with Crippen molar-refractivity contribution in [1.29, 1.82) is 0 Å². The molecule has 0 bridgehead atoms. The Kier molecular flexibility index (Phi) is 4.05. The van der Waals surface area contributed by atoms with E-state index >= 15 is 0 Å². The molecule has 0 saturated carbocycles. The summed E-state index contributed by atoms with van der Waals surface area (Å²) in [6.45, 7) is 9.03. The highest BCUT2D eigenvalue weighted by atomic mass is 16.5. The van der Waals surface area contributed by atoms with Crippen molar-refractivity contribution in [2.75, 3.05) is 19.7 Å². The van der Waals surface area contributed by atoms with Crippen molar-refractivity contribution in [3.8, 4) is 0 Å². The van der Waals surface area contributed by atoms with E-state index in [1.165, 1.54) is 11.1 Å². The molecule has 1 aliphatic heterocycles. The number of ether oxygens (including phenoxy) is 1. The van der Waals surface area contributed by atoms with E-state index in [9.17, 15) is 5.11 Å². The molecular formula is C15H23NO2. The van der Waals surface area contributed by atoms with E-state index in [0.717, 1.165) is 19.6 Å². The molecule has 1 heterocycles. The smallest absolute Gasteiger partial charge is 0.0940 e. The Labute approximate surface area is 109 Å². The third kappa shape index (κ3) is 3.31. The van der Waals surface area contributed by atoms with Gasteiger partial charge >= 0.3 is 0 Å². The molecule has 3 heteroatoms. The fraction of sp³-hybridized carbons (Fsp3) is 0.600. The molecule has 18 heavy (non-hydrogen) atoms. The fourth-order valence-corrected chi connectivity index (χ4v) is 2.66. The van der Waals surface area contributed by atoms with Crippen LogP contribution in [0.25, 0.3) is 0 Å². The van der Waals surface area contributed by atoms with Gasteiger partial charge in [0.25, 0.3) is 0 Å². The number of aliphatic hydroxyl groups is 1. The van der Waals surface area contributed by atoms with Crippen molar-refractivity contribution in [2.24, 2.45) is 0 Å². The minimum Gasteiger partial charge on any atom is -0.394 e. The highest BCUT2D eigenvalue weighted by molar-refractivity contribution is 5.25. The minimum atomic E-state index is -0.186. The Bertz CT molecular complexity index is 403. The second-order valence-corrected chi connectivity index (χ2v) is 5.78. The lowest BCUT2D eigenvalue weighted by Gasteiger charge is -2.42. The van der Waals surface area contributed by atoms with E-state index in [1.54, 1.807) is 0 Å². The van der Waals surface area contributed by atoms with Gasteiger partial charge in [0.2, 0.25) is 0 Å². The summed E-state index contributed by atoms with van der Waals surface area (Å²) in [6, 6.07) is 8.46. The topological polar surface area (TPSA) is 32.7 Å². The molecule has 1 aliphatic rings. The number of hydrogen-bond acceptors (Lipinski definition) is 3. The molecule has 1 unspecified atom stereocenters. The van der Waals surface area contributed by atoms with Crippen LogP contribution in [0.1, 0.15) is 25.0 Å². The van der Waals surface area contributed by atoms with Crippen molar-refractivity contribution < 1.29 is 9.84 Å². The maximum atomic E-state index is 9.31. The average molecular weight is 249 g/mol. The third-order valence-electron chi connectivity index (χ3n) is 3.41. The zero-order chi connectivity index (χ0) is 13.2. The van der Waals surface area contributed by atoms with Crippen molar-refractivity contribution in [2.45, 2.75) is 39.0 Å². The first-order valence-electron chi connectivity index (χ1n) is 6.56. The van der Waals surface area contributed by atoms with Gasteiger partial charge in [-0.1, -0.05) is 24.3 Å². The zero-order valence-electron chi connectivity index (χ0n) is 11.5. The van der Waals surface area contributed by atoms with Crippen LogP contribution in [0.3, 0.4) is 0 Å². The predicted octanol–water partition coefficient (Wildman–Crippen LogP) is 1.97. The first kappa shape index (κ1) is 13.5. The minimum absolute atomic E-state index is 0.0715. The number of benzene rings is 1. The molecule has 0 amide bonds. The summed E-state index contributed by atoms with van der Waals surface area (Å²) in [5, 5.41) is 9.31. The van der Waals surface area contributed by atoms with Crippen LogP contribution in [0.4, 0.5) is 0 Å². The number of rotatable bonds is 3. The molecule has 0 spiro atoms. The molecule has 1 saturated heterocycles. The summed E-state index contributed by atoms with van der Waals surface area (Å²) in [5.74, 6) is 0. The van der Waals surface area contributed by atoms with E-state index in [0.29, 0.717) is 0 Å². The van der Waals surface area contributed by atoms with Crippen LogP contribution in [-0.4, -0.2) is 41.4 Å². The molecule has 0 aliphatic carbocycles. The van der Waals surface area contributed by atoms with Gasteiger partial charge in [0.1, 0.15) is 0 Å². The van der Waals surface area contributed by atoms with Crippen LogP contribution >= 0.6 is 0 Å². The van der Waals surface area contributed by atoms with Gasteiger partial charge in [0, 0.05) is 19.6 Å². The molecule has 0 aromatic heterocycles. The van der Waals surface area contributed by atoms with Gasteiger partial charge < -0.3 is 9.84 Å². The van der Waals surface area contributed by atoms with E-state index in [2.05, 4.69) is 49.9 Å². The van der Waals surface area contributed by atoms with Crippen molar-refractivity contribution in [3.63, 3.8) is 0 Å². The van der Waals surface area contributed by atoms with Gasteiger partial charge in [-0.15, -0.1) is 0 Å². The van der Waals surface area contributed by atoms with Gasteiger partial charge in [0.05, 0.1) is 18.3 Å². The lowest BCUT2D eigenvalue weighted by molar-refractivity contribution is -0.150. The van der Waals surface area contributed by atoms with Gasteiger partial charge in [-0.25, -0.2) is 0 Å². The van der Waals surface area contributed by atoms with Gasteiger partial charge in [-0.2, -0.15) is 0 Å². The van der Waals surface area contributed by atoms with Crippen LogP contribution in [0, 0.1) is 6.92 Å². The predicted molar refractivity (Wildman–Crippen MR) is 72.5 cm³/mol. The molecule has 1 aromatic carbocycles. The maximum Gasteiger partial charge on any atom is 0.0940 e. The van der Waals surface area contributed by atoms with E-state index in [-0.39, 0.29) is 18.3 Å². The van der Waals surface area contributed by atoms with Crippen molar-refractivity contribution in [3.05, 3.63) is 35.4 Å². The second-order valence-electron chi connectivity index (χ2n) is 5.78. The van der Waals surface area contributed by atoms with Crippen LogP contribution in [0.2, 0.25) is 0 Å². The first-order valence-corrected chi connectivity index (χ1v) is 6.56. The monoisotopic (exact) mass is 249 g/mol. The summed E-state index contributed by atoms with van der Waals surface area (Å²) in [6.07, 6.45) is -0.0715. The molecule has 2 rings (SSSR count). The molecule has 0 radical (unpaired) electrons. The third-order valence-corrected chi connectivity index (χ3v) is 3.41. The summed E-state index contributed by atoms with van der Waals surface area (Å²) in [7, 11) is 0. The van der Waals surface area contributed by atoms with Crippen LogP contribution in [0.15, 0.2) is 24.3 Å². The quantitative estimate of drug-likeness (QED) is 0.889. The van der Waals surface area contributed by atoms with E-state index in [1.807, 2.05) is 0 Å². The van der Waals surface area contributed by atoms with Gasteiger partial charge in [-0.05, 0) is 31.9 Å². The second kappa shape index (κ2) is 5.39. The Morgan fingerprint density at radius 1 is 1.39 bits per heavy atom. The molecular weight excluding hydrogens is 226 g/mol. The number of aryl methyl sites for hydroxylation is 1. The Morgan fingerprint density at radius 3 is 2.78 bits per heavy atom. The van der Waals surface area contributed by atoms with Gasteiger partial charge in [0.15, 0.2) is 0 Å². The lowest BCUT2D eigenvalue weighted by Crippen LogP contribution is -2.53. The highest BCUT2D eigenvalue weighted by Crippen LogP contribution is 2.23. The number of hydrogen-bond donors (Lipinski definition) is 1. The highest BCUT2D eigenvalue weighted by Gasteiger charge is 2.32. The Hall–Kier alpha value is -0.900. The molecule has 1 N–H and O–H groups in total. The molecule has 100 valence electrons. The standard InChI is InChI=1S/C15H23NO2/c1-12-6-4-5-7-13(12)8-16-9-14(10-17)18-15(2,3)11-16/h4-7,14,17H,8-11H2,1-3H3. The fourth-order valence-electron chi connectivity index (χ4n) is 2.66. The van der Waals surface area contributed by atoms with Crippen molar-refractivity contribution >= 4 is 0 Å². The average Bonchev–Trinajstić information content (AvgIpc) is 2.30. The van der Waals surface area contributed by atoms with E-state index < -0.39 is 0 Å². The van der Waals surface area contributed by atoms with E-state index in [4.69, 9.17) is 4.74 Å². The van der Waals surface area contributed by atoms with Crippen LogP contribution < -0.4 is 0 Å². The molecule has 3 nitrogen and oxygen atoms in total. The molecule has 1 fully saturated rings. The summed E-state index contributed by atoms with van der Waals surface area (Å²) in [4.78, 5) is 2.37. The van der Waals surface area contributed by atoms with Gasteiger partial charge in [-0.3, -0.25) is 4.90 Å². The van der Waals surface area contributed by atoms with Crippen LogP contribution in [0.5, 0.6) is 0 Å². The number of nitrogens with zero attached hydrogens (tertiary/aromatic N) is 1. The summed E-state index contributed by atoms with van der Waals surface area (Å²) in [5.41, 5.74) is 2.49. The Morgan fingerprint density at radius 2 is 2.11 bits per heavy atom. The normalized spacial score (nSPS) is 24.1.